The summed E-state index contributed by atoms with van der Waals surface area (Å²) in [5.74, 6) is -2.06. The number of aromatic nitrogens is 1. The Morgan fingerprint density at radius 1 is 1.39 bits per heavy atom. The van der Waals surface area contributed by atoms with Gasteiger partial charge < -0.3 is 4.84 Å². The van der Waals surface area contributed by atoms with Crippen molar-refractivity contribution in [2.24, 2.45) is 0 Å². The van der Waals surface area contributed by atoms with Crippen LogP contribution in [0.3, 0.4) is 0 Å². The summed E-state index contributed by atoms with van der Waals surface area (Å²) in [6.07, 6.45) is 1.43. The average Bonchev–Trinajstić information content (AvgIpc) is 2.60. The van der Waals surface area contributed by atoms with Crippen molar-refractivity contribution in [2.45, 2.75) is 12.8 Å². The molecular formula is C10H6BrClN2O4. The minimum Gasteiger partial charge on any atom is -0.323 e. The Hall–Kier alpha value is -1.47. The summed E-state index contributed by atoms with van der Waals surface area (Å²) in [7, 11) is 0. The molecule has 0 saturated carbocycles. The van der Waals surface area contributed by atoms with Gasteiger partial charge in [0.15, 0.2) is 5.69 Å². The predicted molar refractivity (Wildman–Crippen MR) is 63.4 cm³/mol. The summed E-state index contributed by atoms with van der Waals surface area (Å²) in [6.45, 7) is 0. The highest BCUT2D eigenvalue weighted by molar-refractivity contribution is 9.10. The van der Waals surface area contributed by atoms with E-state index < -0.39 is 17.8 Å². The highest BCUT2D eigenvalue weighted by Gasteiger charge is 2.33. The SMILES string of the molecule is O=C(ON1C(=O)CCC1=O)c1ncc(Br)cc1Cl. The topological polar surface area (TPSA) is 76.6 Å². The highest BCUT2D eigenvalue weighted by Crippen LogP contribution is 2.21. The van der Waals surface area contributed by atoms with E-state index in [-0.39, 0.29) is 23.6 Å². The first-order valence-electron chi connectivity index (χ1n) is 4.88. The number of amides is 2. The number of halogens is 2. The number of pyridine rings is 1. The molecule has 2 amide bonds. The summed E-state index contributed by atoms with van der Waals surface area (Å²) in [5.41, 5.74) is -0.160. The second-order valence-corrected chi connectivity index (χ2v) is 4.77. The van der Waals surface area contributed by atoms with Crippen molar-refractivity contribution in [3.8, 4) is 0 Å². The molecule has 1 aromatic heterocycles. The fourth-order valence-corrected chi connectivity index (χ4v) is 2.06. The van der Waals surface area contributed by atoms with Gasteiger partial charge in [-0.05, 0) is 22.0 Å². The number of hydrogen-bond donors (Lipinski definition) is 0. The number of nitrogens with zero attached hydrogens (tertiary/aromatic N) is 2. The van der Waals surface area contributed by atoms with E-state index in [0.717, 1.165) is 0 Å². The first-order valence-corrected chi connectivity index (χ1v) is 6.05. The lowest BCUT2D eigenvalue weighted by Crippen LogP contribution is -2.32. The number of imide groups is 1. The smallest absolute Gasteiger partial charge is 0.323 e. The molecule has 0 N–H and O–H groups in total. The van der Waals surface area contributed by atoms with E-state index in [0.29, 0.717) is 9.54 Å². The number of hydrogen-bond acceptors (Lipinski definition) is 5. The van der Waals surface area contributed by atoms with Gasteiger partial charge in [-0.1, -0.05) is 11.6 Å². The minimum absolute atomic E-state index is 0.0353. The summed E-state index contributed by atoms with van der Waals surface area (Å²) in [6, 6.07) is 1.46. The van der Waals surface area contributed by atoms with Gasteiger partial charge in [-0.25, -0.2) is 9.78 Å². The molecule has 1 aliphatic rings. The standard InChI is InChI=1S/C10H6BrClN2O4/c11-5-3-6(12)9(13-4-5)10(17)18-14-7(15)1-2-8(14)16/h3-4H,1-2H2. The van der Waals surface area contributed by atoms with Crippen LogP contribution in [0.25, 0.3) is 0 Å². The zero-order valence-corrected chi connectivity index (χ0v) is 11.2. The summed E-state index contributed by atoms with van der Waals surface area (Å²) < 4.78 is 0.595. The molecule has 2 heterocycles. The van der Waals surface area contributed by atoms with Crippen LogP contribution in [0, 0.1) is 0 Å². The Kier molecular flexibility index (Phi) is 3.63. The lowest BCUT2D eigenvalue weighted by molar-refractivity contribution is -0.172. The van der Waals surface area contributed by atoms with Gasteiger partial charge >= 0.3 is 5.97 Å². The molecular weight excluding hydrogens is 327 g/mol. The first kappa shape index (κ1) is 13.0. The van der Waals surface area contributed by atoms with Crippen LogP contribution < -0.4 is 0 Å². The lowest BCUT2D eigenvalue weighted by atomic mass is 10.3. The Balaban J connectivity index is 2.17. The van der Waals surface area contributed by atoms with Crippen LogP contribution >= 0.6 is 27.5 Å². The van der Waals surface area contributed by atoms with Gasteiger partial charge in [0.05, 0.1) is 5.02 Å². The third-order valence-corrected chi connectivity index (χ3v) is 2.90. The fourth-order valence-electron chi connectivity index (χ4n) is 1.35. The molecule has 0 radical (unpaired) electrons. The maximum absolute atomic E-state index is 11.7. The van der Waals surface area contributed by atoms with E-state index in [2.05, 4.69) is 25.8 Å². The van der Waals surface area contributed by atoms with E-state index in [1.54, 1.807) is 0 Å². The average molecular weight is 334 g/mol. The van der Waals surface area contributed by atoms with Crippen molar-refractivity contribution in [1.82, 2.24) is 10.0 Å². The normalized spacial score (nSPS) is 15.1. The molecule has 0 aliphatic carbocycles. The summed E-state index contributed by atoms with van der Waals surface area (Å²) >= 11 is 8.94. The van der Waals surface area contributed by atoms with E-state index in [4.69, 9.17) is 11.6 Å². The highest BCUT2D eigenvalue weighted by atomic mass is 79.9. The molecule has 94 valence electrons. The van der Waals surface area contributed by atoms with Gasteiger partial charge in [0, 0.05) is 23.5 Å². The lowest BCUT2D eigenvalue weighted by Gasteiger charge is -2.12. The molecule has 1 aliphatic heterocycles. The van der Waals surface area contributed by atoms with Crippen LogP contribution in [0.1, 0.15) is 23.3 Å². The molecule has 1 aromatic rings. The summed E-state index contributed by atoms with van der Waals surface area (Å²) in [5, 5.41) is 0.510. The van der Waals surface area contributed by atoms with E-state index in [1.165, 1.54) is 12.3 Å². The molecule has 0 spiro atoms. The van der Waals surface area contributed by atoms with Gasteiger partial charge in [-0.3, -0.25) is 9.59 Å². The zero-order valence-electron chi connectivity index (χ0n) is 8.85. The molecule has 2 rings (SSSR count). The molecule has 6 nitrogen and oxygen atoms in total. The van der Waals surface area contributed by atoms with Gasteiger partial charge in [0.2, 0.25) is 0 Å². The summed E-state index contributed by atoms with van der Waals surface area (Å²) in [4.78, 5) is 42.7. The third kappa shape index (κ3) is 2.51. The molecule has 0 unspecified atom stereocenters. The number of carbonyl (C=O) groups is 3. The van der Waals surface area contributed by atoms with Crippen molar-refractivity contribution in [2.75, 3.05) is 0 Å². The third-order valence-electron chi connectivity index (χ3n) is 2.18. The van der Waals surface area contributed by atoms with Crippen LogP contribution in [0.15, 0.2) is 16.7 Å². The van der Waals surface area contributed by atoms with Crippen LogP contribution in [-0.4, -0.2) is 27.8 Å². The first-order chi connectivity index (χ1) is 8.49. The van der Waals surface area contributed by atoms with Crippen molar-refractivity contribution >= 4 is 45.3 Å². The van der Waals surface area contributed by atoms with E-state index in [1.807, 2.05) is 0 Å². The van der Waals surface area contributed by atoms with Crippen molar-refractivity contribution < 1.29 is 19.2 Å². The second kappa shape index (κ2) is 5.03. The van der Waals surface area contributed by atoms with Crippen LogP contribution in [-0.2, 0) is 14.4 Å². The van der Waals surface area contributed by atoms with Gasteiger partial charge in [-0.15, -0.1) is 5.06 Å². The molecule has 8 heteroatoms. The second-order valence-electron chi connectivity index (χ2n) is 3.44. The molecule has 0 atom stereocenters. The van der Waals surface area contributed by atoms with Crippen LogP contribution in [0.4, 0.5) is 0 Å². The maximum Gasteiger partial charge on any atom is 0.383 e. The van der Waals surface area contributed by atoms with E-state index >= 15 is 0 Å². The predicted octanol–water partition coefficient (Wildman–Crippen LogP) is 1.72. The van der Waals surface area contributed by atoms with Crippen molar-refractivity contribution in [1.29, 1.82) is 0 Å². The molecule has 0 aromatic carbocycles. The van der Waals surface area contributed by atoms with Crippen molar-refractivity contribution in [3.05, 3.63) is 27.5 Å². The molecule has 18 heavy (non-hydrogen) atoms. The number of hydroxylamine groups is 2. The number of carbonyl (C=O) groups excluding carboxylic acids is 3. The Labute approximate surface area is 115 Å². The van der Waals surface area contributed by atoms with Gasteiger partial charge in [-0.2, -0.15) is 0 Å². The van der Waals surface area contributed by atoms with Gasteiger partial charge in [0.1, 0.15) is 0 Å². The molecule has 0 bridgehead atoms. The monoisotopic (exact) mass is 332 g/mol. The minimum atomic E-state index is -0.948. The van der Waals surface area contributed by atoms with Gasteiger partial charge in [0.25, 0.3) is 11.8 Å². The van der Waals surface area contributed by atoms with E-state index in [9.17, 15) is 14.4 Å². The number of rotatable bonds is 2. The van der Waals surface area contributed by atoms with Crippen molar-refractivity contribution in [3.63, 3.8) is 0 Å². The Morgan fingerprint density at radius 3 is 2.56 bits per heavy atom. The Bertz CT molecular complexity index is 533. The largest absolute Gasteiger partial charge is 0.383 e. The van der Waals surface area contributed by atoms with Crippen LogP contribution in [0.5, 0.6) is 0 Å². The quantitative estimate of drug-likeness (QED) is 0.770. The molecule has 1 fully saturated rings. The Morgan fingerprint density at radius 2 is 2.00 bits per heavy atom. The van der Waals surface area contributed by atoms with Crippen LogP contribution in [0.2, 0.25) is 5.02 Å². The maximum atomic E-state index is 11.7. The zero-order chi connectivity index (χ0) is 13.3. The fraction of sp³-hybridized carbons (Fsp3) is 0.200. The molecule has 1 saturated heterocycles.